The van der Waals surface area contributed by atoms with Crippen LogP contribution < -0.4 is 10.1 Å². The SMILES string of the molecule is O=C(N[C@H](Oc1cccc([N+](=O)[O-])c1)C(Cl)(Cl)Cl)c1ccccc1[N+](=O)[O-]. The van der Waals surface area contributed by atoms with Crippen LogP contribution in [0.3, 0.4) is 0 Å². The Labute approximate surface area is 167 Å². The van der Waals surface area contributed by atoms with Crippen LogP contribution >= 0.6 is 34.8 Å². The summed E-state index contributed by atoms with van der Waals surface area (Å²) >= 11 is 17.4. The molecule has 2 rings (SSSR count). The number of hydrogen-bond acceptors (Lipinski definition) is 6. The summed E-state index contributed by atoms with van der Waals surface area (Å²) < 4.78 is 3.18. The number of carbonyl (C=O) groups excluding carboxylic acids is 1. The standard InChI is InChI=1S/C15H10Cl3N3O6/c16-15(17,18)14(27-10-5-3-4-9(8-10)20(23)24)19-13(22)11-6-1-2-7-12(11)21(25)26/h1-8,14H,(H,19,22)/t14-/m1/s1. The van der Waals surface area contributed by atoms with Gasteiger partial charge in [-0.05, 0) is 12.1 Å². The summed E-state index contributed by atoms with van der Waals surface area (Å²) in [5.41, 5.74) is -1.00. The number of nitrogens with zero attached hydrogens (tertiary/aromatic N) is 2. The monoisotopic (exact) mass is 433 g/mol. The van der Waals surface area contributed by atoms with Gasteiger partial charge in [-0.25, -0.2) is 0 Å². The number of rotatable bonds is 6. The summed E-state index contributed by atoms with van der Waals surface area (Å²) in [6.07, 6.45) is -1.59. The van der Waals surface area contributed by atoms with Gasteiger partial charge >= 0.3 is 0 Å². The molecular weight excluding hydrogens is 425 g/mol. The molecule has 0 aliphatic carbocycles. The summed E-state index contributed by atoms with van der Waals surface area (Å²) in [4.78, 5) is 32.9. The molecule has 27 heavy (non-hydrogen) atoms. The summed E-state index contributed by atoms with van der Waals surface area (Å²) in [6, 6.07) is 10.2. The van der Waals surface area contributed by atoms with E-state index in [4.69, 9.17) is 39.5 Å². The van der Waals surface area contributed by atoms with Gasteiger partial charge in [0.05, 0.1) is 15.9 Å². The maximum absolute atomic E-state index is 12.4. The number of ether oxygens (including phenoxy) is 1. The average Bonchev–Trinajstić information content (AvgIpc) is 2.60. The minimum atomic E-state index is -2.18. The molecule has 0 radical (unpaired) electrons. The highest BCUT2D eigenvalue weighted by Gasteiger charge is 2.37. The number of benzene rings is 2. The van der Waals surface area contributed by atoms with E-state index < -0.39 is 31.5 Å². The molecule has 9 nitrogen and oxygen atoms in total. The molecule has 0 heterocycles. The largest absolute Gasteiger partial charge is 0.466 e. The Bertz CT molecular complexity index is 887. The van der Waals surface area contributed by atoms with Crippen LogP contribution in [-0.4, -0.2) is 25.8 Å². The van der Waals surface area contributed by atoms with Crippen LogP contribution in [-0.2, 0) is 0 Å². The number of halogens is 3. The van der Waals surface area contributed by atoms with Crippen LogP contribution in [0.1, 0.15) is 10.4 Å². The van der Waals surface area contributed by atoms with E-state index >= 15 is 0 Å². The molecule has 0 aliphatic rings. The van der Waals surface area contributed by atoms with Crippen LogP contribution in [0.5, 0.6) is 5.75 Å². The zero-order valence-corrected chi connectivity index (χ0v) is 15.4. The predicted octanol–water partition coefficient (Wildman–Crippen LogP) is 4.01. The van der Waals surface area contributed by atoms with Gasteiger partial charge in [0.15, 0.2) is 0 Å². The molecule has 0 saturated carbocycles. The number of para-hydroxylation sites is 1. The normalized spacial score (nSPS) is 12.1. The lowest BCUT2D eigenvalue weighted by atomic mass is 10.1. The summed E-state index contributed by atoms with van der Waals surface area (Å²) in [7, 11) is 0. The molecular formula is C15H10Cl3N3O6. The number of non-ortho nitro benzene ring substituents is 1. The number of carbonyl (C=O) groups is 1. The van der Waals surface area contributed by atoms with Gasteiger partial charge in [-0.3, -0.25) is 25.0 Å². The summed E-state index contributed by atoms with van der Waals surface area (Å²) in [5.74, 6) is -0.979. The number of alkyl halides is 3. The van der Waals surface area contributed by atoms with Crippen LogP contribution in [0.15, 0.2) is 48.5 Å². The highest BCUT2D eigenvalue weighted by Crippen LogP contribution is 2.33. The van der Waals surface area contributed by atoms with Crippen molar-refractivity contribution in [1.29, 1.82) is 0 Å². The van der Waals surface area contributed by atoms with E-state index in [-0.39, 0.29) is 17.0 Å². The van der Waals surface area contributed by atoms with E-state index in [1.54, 1.807) is 0 Å². The van der Waals surface area contributed by atoms with Crippen molar-refractivity contribution < 1.29 is 19.4 Å². The highest BCUT2D eigenvalue weighted by atomic mass is 35.6. The number of hydrogen-bond donors (Lipinski definition) is 1. The van der Waals surface area contributed by atoms with Gasteiger partial charge in [-0.1, -0.05) is 53.0 Å². The molecule has 0 bridgehead atoms. The molecule has 0 saturated heterocycles. The zero-order chi connectivity index (χ0) is 20.2. The number of amides is 1. The van der Waals surface area contributed by atoms with Crippen molar-refractivity contribution in [2.24, 2.45) is 0 Å². The Morgan fingerprint density at radius 2 is 1.70 bits per heavy atom. The maximum atomic E-state index is 12.4. The first kappa shape index (κ1) is 20.7. The summed E-state index contributed by atoms with van der Waals surface area (Å²) in [6.45, 7) is 0. The van der Waals surface area contributed by atoms with Crippen molar-refractivity contribution in [3.05, 3.63) is 74.3 Å². The third-order valence-electron chi connectivity index (χ3n) is 3.19. The molecule has 1 N–H and O–H groups in total. The van der Waals surface area contributed by atoms with Gasteiger partial charge in [-0.15, -0.1) is 0 Å². The van der Waals surface area contributed by atoms with E-state index in [1.165, 1.54) is 36.4 Å². The minimum absolute atomic E-state index is 0.0524. The van der Waals surface area contributed by atoms with E-state index in [0.717, 1.165) is 12.1 Å². The van der Waals surface area contributed by atoms with Gasteiger partial charge in [0.1, 0.15) is 11.3 Å². The molecule has 0 fully saturated rings. The van der Waals surface area contributed by atoms with Gasteiger partial charge in [-0.2, -0.15) is 0 Å². The van der Waals surface area contributed by atoms with Crippen molar-refractivity contribution in [3.8, 4) is 5.75 Å². The Hall–Kier alpha value is -2.62. The third kappa shape index (κ3) is 5.43. The second-order valence-corrected chi connectivity index (χ2v) is 7.41. The van der Waals surface area contributed by atoms with Crippen LogP contribution in [0.4, 0.5) is 11.4 Å². The van der Waals surface area contributed by atoms with Crippen molar-refractivity contribution in [2.45, 2.75) is 10.0 Å². The quantitative estimate of drug-likeness (QED) is 0.317. The van der Waals surface area contributed by atoms with Crippen molar-refractivity contribution in [3.63, 3.8) is 0 Å². The third-order valence-corrected chi connectivity index (χ3v) is 3.78. The average molecular weight is 435 g/mol. The molecule has 0 aromatic heterocycles. The van der Waals surface area contributed by atoms with E-state index in [0.29, 0.717) is 0 Å². The Morgan fingerprint density at radius 1 is 1.04 bits per heavy atom. The fraction of sp³-hybridized carbons (Fsp3) is 0.133. The van der Waals surface area contributed by atoms with Gasteiger partial charge < -0.3 is 10.1 Å². The number of nitro benzene ring substituents is 2. The molecule has 0 unspecified atom stereocenters. The lowest BCUT2D eigenvalue weighted by Gasteiger charge is -2.26. The predicted molar refractivity (Wildman–Crippen MR) is 98.4 cm³/mol. The lowest BCUT2D eigenvalue weighted by molar-refractivity contribution is -0.385. The Morgan fingerprint density at radius 3 is 2.30 bits per heavy atom. The minimum Gasteiger partial charge on any atom is -0.466 e. The molecule has 12 heteroatoms. The van der Waals surface area contributed by atoms with E-state index in [2.05, 4.69) is 5.32 Å². The zero-order valence-electron chi connectivity index (χ0n) is 13.2. The molecule has 0 spiro atoms. The second kappa shape index (κ2) is 8.38. The smallest absolute Gasteiger partial charge is 0.282 e. The van der Waals surface area contributed by atoms with Crippen LogP contribution in [0, 0.1) is 20.2 Å². The lowest BCUT2D eigenvalue weighted by Crippen LogP contribution is -2.48. The second-order valence-electron chi connectivity index (χ2n) is 5.04. The number of nitro groups is 2. The first-order valence-electron chi connectivity index (χ1n) is 7.11. The topological polar surface area (TPSA) is 125 Å². The van der Waals surface area contributed by atoms with Gasteiger partial charge in [0, 0.05) is 12.1 Å². The fourth-order valence-electron chi connectivity index (χ4n) is 2.01. The Balaban J connectivity index is 2.28. The van der Waals surface area contributed by atoms with Crippen molar-refractivity contribution >= 4 is 52.1 Å². The molecule has 142 valence electrons. The van der Waals surface area contributed by atoms with Gasteiger partial charge in [0.2, 0.25) is 10.0 Å². The fourth-order valence-corrected chi connectivity index (χ4v) is 2.30. The molecule has 1 atom stereocenters. The van der Waals surface area contributed by atoms with E-state index in [1.807, 2.05) is 0 Å². The van der Waals surface area contributed by atoms with Crippen LogP contribution in [0.25, 0.3) is 0 Å². The molecule has 1 amide bonds. The van der Waals surface area contributed by atoms with Crippen LogP contribution in [0.2, 0.25) is 0 Å². The van der Waals surface area contributed by atoms with Crippen molar-refractivity contribution in [2.75, 3.05) is 0 Å². The molecule has 2 aromatic carbocycles. The van der Waals surface area contributed by atoms with Gasteiger partial charge in [0.25, 0.3) is 17.3 Å². The maximum Gasteiger partial charge on any atom is 0.282 e. The van der Waals surface area contributed by atoms with Crippen molar-refractivity contribution in [1.82, 2.24) is 5.32 Å². The van der Waals surface area contributed by atoms with E-state index in [9.17, 15) is 25.0 Å². The molecule has 2 aromatic rings. The summed E-state index contributed by atoms with van der Waals surface area (Å²) in [5, 5.41) is 24.1. The number of nitrogens with one attached hydrogen (secondary N) is 1. The first-order valence-corrected chi connectivity index (χ1v) is 8.25. The highest BCUT2D eigenvalue weighted by molar-refractivity contribution is 6.68. The first-order chi connectivity index (χ1) is 12.6. The molecule has 0 aliphatic heterocycles. The Kier molecular flexibility index (Phi) is 6.42.